The maximum absolute atomic E-state index is 4.32. The number of rotatable bonds is 1. The standard InChI is InChI=1S/C19H18N3/c1-13-7-8-15-16-12-20-10-9-17(16)22(19(15)14(13)2)18-6-4-5-11-21(18)3/h4-12H,1-3H3/q+1. The van der Waals surface area contributed by atoms with Crippen LogP contribution in [0.2, 0.25) is 0 Å². The average Bonchev–Trinajstić information content (AvgIpc) is 2.87. The average molecular weight is 288 g/mol. The molecule has 0 saturated heterocycles. The van der Waals surface area contributed by atoms with E-state index < -0.39 is 0 Å². The Bertz CT molecular complexity index is 1010. The summed E-state index contributed by atoms with van der Waals surface area (Å²) in [5.74, 6) is 1.16. The van der Waals surface area contributed by atoms with Gasteiger partial charge in [0.05, 0.1) is 18.6 Å². The fourth-order valence-electron chi connectivity index (χ4n) is 3.20. The Hall–Kier alpha value is -2.68. The minimum atomic E-state index is 1.16. The molecule has 0 unspecified atom stereocenters. The summed E-state index contributed by atoms with van der Waals surface area (Å²) in [5.41, 5.74) is 5.09. The molecular weight excluding hydrogens is 270 g/mol. The molecule has 4 aromatic rings. The summed E-state index contributed by atoms with van der Waals surface area (Å²) in [6, 6.07) is 12.8. The molecule has 3 heterocycles. The van der Waals surface area contributed by atoms with Crippen LogP contribution in [0, 0.1) is 13.8 Å². The summed E-state index contributed by atoms with van der Waals surface area (Å²) in [6.45, 7) is 4.36. The Kier molecular flexibility index (Phi) is 2.76. The van der Waals surface area contributed by atoms with Crippen molar-refractivity contribution in [3.63, 3.8) is 0 Å². The van der Waals surface area contributed by atoms with Gasteiger partial charge in [-0.1, -0.05) is 12.1 Å². The number of fused-ring (bicyclic) bond motifs is 3. The summed E-state index contributed by atoms with van der Waals surface area (Å²) in [4.78, 5) is 4.32. The third-order valence-electron chi connectivity index (χ3n) is 4.51. The van der Waals surface area contributed by atoms with Crippen LogP contribution in [0.1, 0.15) is 11.1 Å². The van der Waals surface area contributed by atoms with Gasteiger partial charge in [0.2, 0.25) is 0 Å². The molecule has 4 rings (SSSR count). The summed E-state index contributed by atoms with van der Waals surface area (Å²) < 4.78 is 4.50. The molecule has 0 fully saturated rings. The van der Waals surface area contributed by atoms with Crippen LogP contribution in [0.4, 0.5) is 0 Å². The normalized spacial score (nSPS) is 11.4. The zero-order chi connectivity index (χ0) is 15.3. The second-order valence-electron chi connectivity index (χ2n) is 5.80. The van der Waals surface area contributed by atoms with Gasteiger partial charge in [-0.15, -0.1) is 0 Å². The van der Waals surface area contributed by atoms with E-state index in [-0.39, 0.29) is 0 Å². The quantitative estimate of drug-likeness (QED) is 0.490. The molecule has 0 bridgehead atoms. The van der Waals surface area contributed by atoms with Gasteiger partial charge in [-0.2, -0.15) is 4.57 Å². The maximum atomic E-state index is 4.32. The van der Waals surface area contributed by atoms with Crippen LogP contribution in [0.25, 0.3) is 27.6 Å². The van der Waals surface area contributed by atoms with E-state index in [1.807, 2.05) is 12.4 Å². The van der Waals surface area contributed by atoms with Crippen molar-refractivity contribution in [3.8, 4) is 5.82 Å². The van der Waals surface area contributed by atoms with Crippen LogP contribution in [0.3, 0.4) is 0 Å². The summed E-state index contributed by atoms with van der Waals surface area (Å²) in [6.07, 6.45) is 5.91. The van der Waals surface area contributed by atoms with Crippen molar-refractivity contribution >= 4 is 21.8 Å². The van der Waals surface area contributed by atoms with Crippen LogP contribution in [0.5, 0.6) is 0 Å². The third kappa shape index (κ3) is 1.69. The van der Waals surface area contributed by atoms with Crippen LogP contribution >= 0.6 is 0 Å². The van der Waals surface area contributed by atoms with E-state index in [0.717, 1.165) is 5.82 Å². The van der Waals surface area contributed by atoms with Gasteiger partial charge in [0.1, 0.15) is 11.0 Å². The summed E-state index contributed by atoms with van der Waals surface area (Å²) in [5, 5.41) is 2.46. The largest absolute Gasteiger partial charge is 0.286 e. The number of nitrogens with zero attached hydrogens (tertiary/aromatic N) is 3. The van der Waals surface area contributed by atoms with Gasteiger partial charge in [-0.05, 0) is 37.1 Å². The minimum Gasteiger partial charge on any atom is -0.264 e. The second-order valence-corrected chi connectivity index (χ2v) is 5.80. The molecule has 0 amide bonds. The van der Waals surface area contributed by atoms with Crippen molar-refractivity contribution in [1.29, 1.82) is 0 Å². The van der Waals surface area contributed by atoms with E-state index in [1.165, 1.54) is 32.9 Å². The van der Waals surface area contributed by atoms with Gasteiger partial charge in [-0.25, -0.2) is 4.57 Å². The van der Waals surface area contributed by atoms with Crippen LogP contribution < -0.4 is 4.57 Å². The predicted molar refractivity (Wildman–Crippen MR) is 89.2 cm³/mol. The topological polar surface area (TPSA) is 21.7 Å². The first-order valence-electron chi connectivity index (χ1n) is 7.48. The molecule has 0 aliphatic heterocycles. The van der Waals surface area contributed by atoms with Gasteiger partial charge in [0, 0.05) is 29.9 Å². The number of aromatic nitrogens is 3. The lowest BCUT2D eigenvalue weighted by atomic mass is 10.1. The van der Waals surface area contributed by atoms with Crippen molar-refractivity contribution in [1.82, 2.24) is 9.55 Å². The summed E-state index contributed by atoms with van der Waals surface area (Å²) >= 11 is 0. The Morgan fingerprint density at radius 3 is 2.68 bits per heavy atom. The molecule has 0 aliphatic rings. The van der Waals surface area contributed by atoms with Crippen LogP contribution in [-0.4, -0.2) is 9.55 Å². The lowest BCUT2D eigenvalue weighted by Crippen LogP contribution is -2.33. The molecule has 0 aliphatic carbocycles. The zero-order valence-corrected chi connectivity index (χ0v) is 13.0. The Morgan fingerprint density at radius 2 is 1.86 bits per heavy atom. The second kappa shape index (κ2) is 4.67. The van der Waals surface area contributed by atoms with E-state index >= 15 is 0 Å². The highest BCUT2D eigenvalue weighted by atomic mass is 15.1. The van der Waals surface area contributed by atoms with Gasteiger partial charge < -0.3 is 0 Å². The molecule has 3 heteroatoms. The van der Waals surface area contributed by atoms with E-state index in [9.17, 15) is 0 Å². The van der Waals surface area contributed by atoms with Gasteiger partial charge in [0.15, 0.2) is 0 Å². The minimum absolute atomic E-state index is 1.16. The van der Waals surface area contributed by atoms with E-state index in [2.05, 4.69) is 77.6 Å². The fraction of sp³-hybridized carbons (Fsp3) is 0.158. The van der Waals surface area contributed by atoms with Crippen molar-refractivity contribution in [2.75, 3.05) is 0 Å². The lowest BCUT2D eigenvalue weighted by Gasteiger charge is -2.06. The number of hydrogen-bond donors (Lipinski definition) is 0. The highest BCUT2D eigenvalue weighted by molar-refractivity contribution is 6.09. The molecule has 0 saturated carbocycles. The monoisotopic (exact) mass is 288 g/mol. The molecule has 3 nitrogen and oxygen atoms in total. The first-order valence-corrected chi connectivity index (χ1v) is 7.48. The van der Waals surface area contributed by atoms with Gasteiger partial charge >= 0.3 is 0 Å². The third-order valence-corrected chi connectivity index (χ3v) is 4.51. The van der Waals surface area contributed by atoms with E-state index in [1.54, 1.807) is 0 Å². The van der Waals surface area contributed by atoms with Crippen molar-refractivity contribution < 1.29 is 4.57 Å². The molecule has 1 aromatic carbocycles. The molecule has 22 heavy (non-hydrogen) atoms. The number of hydrogen-bond acceptors (Lipinski definition) is 1. The molecule has 0 spiro atoms. The smallest absolute Gasteiger partial charge is 0.264 e. The molecule has 3 aromatic heterocycles. The first kappa shape index (κ1) is 13.0. The van der Waals surface area contributed by atoms with Crippen molar-refractivity contribution in [2.24, 2.45) is 7.05 Å². The highest BCUT2D eigenvalue weighted by Crippen LogP contribution is 2.33. The number of pyridine rings is 2. The number of benzene rings is 1. The van der Waals surface area contributed by atoms with Crippen LogP contribution in [-0.2, 0) is 7.05 Å². The van der Waals surface area contributed by atoms with Gasteiger partial charge in [0.25, 0.3) is 5.82 Å². The first-order chi connectivity index (χ1) is 10.7. The lowest BCUT2D eigenvalue weighted by molar-refractivity contribution is -0.665. The Balaban J connectivity index is 2.29. The van der Waals surface area contributed by atoms with Crippen molar-refractivity contribution in [3.05, 3.63) is 66.1 Å². The Morgan fingerprint density at radius 1 is 1.00 bits per heavy atom. The van der Waals surface area contributed by atoms with E-state index in [4.69, 9.17) is 0 Å². The number of aryl methyl sites for hydroxylation is 3. The predicted octanol–water partition coefficient (Wildman–Crippen LogP) is 3.62. The molecule has 108 valence electrons. The fourth-order valence-corrected chi connectivity index (χ4v) is 3.20. The molecule has 0 radical (unpaired) electrons. The van der Waals surface area contributed by atoms with E-state index in [0.29, 0.717) is 0 Å². The molecular formula is C19H18N3+. The van der Waals surface area contributed by atoms with Crippen LogP contribution in [0.15, 0.2) is 55.0 Å². The van der Waals surface area contributed by atoms with Crippen molar-refractivity contribution in [2.45, 2.75) is 13.8 Å². The summed E-state index contributed by atoms with van der Waals surface area (Å²) in [7, 11) is 2.08. The molecule has 0 atom stereocenters. The zero-order valence-electron chi connectivity index (χ0n) is 13.0. The maximum Gasteiger partial charge on any atom is 0.286 e. The highest BCUT2D eigenvalue weighted by Gasteiger charge is 2.22. The Labute approximate surface area is 129 Å². The SMILES string of the molecule is Cc1ccc2c3cnccc3n(-c3cccc[n+]3C)c2c1C. The molecule has 0 N–H and O–H groups in total. The van der Waals surface area contributed by atoms with Gasteiger partial charge in [-0.3, -0.25) is 4.98 Å².